The molecule has 2 aromatic carbocycles. The molecule has 2 amide bonds. The maximum atomic E-state index is 12.6. The van der Waals surface area contributed by atoms with Crippen LogP contribution in [0.2, 0.25) is 0 Å². The Morgan fingerprint density at radius 2 is 1.54 bits per heavy atom. The first-order valence-electron chi connectivity index (χ1n) is 8.82. The SMILES string of the molecule is O=C(C=Cc1ccccc1)NC(=Cc1ccccc1)C(=O)NCc1ccco1. The van der Waals surface area contributed by atoms with Crippen LogP contribution in [-0.2, 0) is 16.1 Å². The molecule has 0 aliphatic rings. The number of hydrogen-bond donors (Lipinski definition) is 2. The molecule has 0 unspecified atom stereocenters. The van der Waals surface area contributed by atoms with Crippen LogP contribution in [0.3, 0.4) is 0 Å². The third kappa shape index (κ3) is 5.85. The minimum atomic E-state index is -0.401. The van der Waals surface area contributed by atoms with Gasteiger partial charge in [-0.25, -0.2) is 0 Å². The van der Waals surface area contributed by atoms with Crippen LogP contribution < -0.4 is 10.6 Å². The lowest BCUT2D eigenvalue weighted by Crippen LogP contribution is -2.33. The van der Waals surface area contributed by atoms with Gasteiger partial charge in [0.2, 0.25) is 5.91 Å². The maximum absolute atomic E-state index is 12.6. The van der Waals surface area contributed by atoms with Gasteiger partial charge in [-0.2, -0.15) is 0 Å². The Kier molecular flexibility index (Phi) is 6.57. The molecule has 0 aliphatic carbocycles. The van der Waals surface area contributed by atoms with Crippen molar-refractivity contribution in [2.45, 2.75) is 6.54 Å². The molecule has 0 saturated heterocycles. The van der Waals surface area contributed by atoms with Crippen molar-refractivity contribution in [2.75, 3.05) is 0 Å². The van der Waals surface area contributed by atoms with Crippen LogP contribution in [0.1, 0.15) is 16.9 Å². The fourth-order valence-corrected chi connectivity index (χ4v) is 2.46. The van der Waals surface area contributed by atoms with E-state index in [9.17, 15) is 9.59 Å². The predicted molar refractivity (Wildman–Crippen MR) is 109 cm³/mol. The number of benzene rings is 2. The molecule has 0 aliphatic heterocycles. The molecule has 1 aromatic heterocycles. The van der Waals surface area contributed by atoms with Crippen LogP contribution >= 0.6 is 0 Å². The summed E-state index contributed by atoms with van der Waals surface area (Å²) in [6.45, 7) is 0.230. The van der Waals surface area contributed by atoms with Crippen molar-refractivity contribution in [3.63, 3.8) is 0 Å². The summed E-state index contributed by atoms with van der Waals surface area (Å²) in [6, 6.07) is 22.3. The van der Waals surface area contributed by atoms with Crippen LogP contribution in [0, 0.1) is 0 Å². The van der Waals surface area contributed by atoms with Gasteiger partial charge in [-0.3, -0.25) is 9.59 Å². The molecular formula is C23H20N2O3. The van der Waals surface area contributed by atoms with Gasteiger partial charge in [0.15, 0.2) is 0 Å². The Hall–Kier alpha value is -3.86. The lowest BCUT2D eigenvalue weighted by atomic mass is 10.2. The Bertz CT molecular complexity index is 960. The third-order valence-corrected chi connectivity index (χ3v) is 3.84. The number of amides is 2. The topological polar surface area (TPSA) is 71.3 Å². The molecule has 3 rings (SSSR count). The second-order valence-electron chi connectivity index (χ2n) is 5.96. The van der Waals surface area contributed by atoms with Gasteiger partial charge in [-0.05, 0) is 35.4 Å². The zero-order valence-electron chi connectivity index (χ0n) is 15.2. The zero-order valence-corrected chi connectivity index (χ0v) is 15.2. The van der Waals surface area contributed by atoms with Crippen LogP contribution in [0.15, 0.2) is 95.2 Å². The number of carbonyl (C=O) groups is 2. The summed E-state index contributed by atoms with van der Waals surface area (Å²) < 4.78 is 5.22. The van der Waals surface area contributed by atoms with Crippen molar-refractivity contribution in [2.24, 2.45) is 0 Å². The molecule has 5 heteroatoms. The largest absolute Gasteiger partial charge is 0.467 e. The minimum absolute atomic E-state index is 0.153. The van der Waals surface area contributed by atoms with Crippen LogP contribution in [0.5, 0.6) is 0 Å². The van der Waals surface area contributed by atoms with E-state index in [2.05, 4.69) is 10.6 Å². The first-order valence-corrected chi connectivity index (χ1v) is 8.82. The second-order valence-corrected chi connectivity index (χ2v) is 5.96. The molecule has 140 valence electrons. The van der Waals surface area contributed by atoms with Gasteiger partial charge in [0.25, 0.3) is 5.91 Å². The summed E-state index contributed by atoms with van der Waals surface area (Å²) in [5, 5.41) is 5.40. The molecule has 28 heavy (non-hydrogen) atoms. The molecule has 3 aromatic rings. The Morgan fingerprint density at radius 3 is 2.18 bits per heavy atom. The van der Waals surface area contributed by atoms with Crippen molar-refractivity contribution in [1.29, 1.82) is 0 Å². The smallest absolute Gasteiger partial charge is 0.268 e. The fraction of sp³-hybridized carbons (Fsp3) is 0.0435. The molecule has 0 radical (unpaired) electrons. The zero-order chi connectivity index (χ0) is 19.6. The van der Waals surface area contributed by atoms with E-state index in [0.29, 0.717) is 5.76 Å². The average molecular weight is 372 g/mol. The summed E-state index contributed by atoms with van der Waals surface area (Å²) in [7, 11) is 0. The molecular weight excluding hydrogens is 352 g/mol. The average Bonchev–Trinajstić information content (AvgIpc) is 3.25. The highest BCUT2D eigenvalue weighted by Crippen LogP contribution is 2.07. The number of carbonyl (C=O) groups excluding carboxylic acids is 2. The van der Waals surface area contributed by atoms with Crippen LogP contribution in [0.4, 0.5) is 0 Å². The van der Waals surface area contributed by atoms with Crippen molar-refractivity contribution in [3.05, 3.63) is 108 Å². The molecule has 0 spiro atoms. The van der Waals surface area contributed by atoms with E-state index < -0.39 is 5.91 Å². The number of rotatable bonds is 7. The van der Waals surface area contributed by atoms with Gasteiger partial charge in [0, 0.05) is 6.08 Å². The monoisotopic (exact) mass is 372 g/mol. The summed E-state index contributed by atoms with van der Waals surface area (Å²) >= 11 is 0. The van der Waals surface area contributed by atoms with Gasteiger partial charge in [0.05, 0.1) is 12.8 Å². The summed E-state index contributed by atoms with van der Waals surface area (Å²) in [6.07, 6.45) is 6.26. The van der Waals surface area contributed by atoms with Crippen LogP contribution in [0.25, 0.3) is 12.2 Å². The van der Waals surface area contributed by atoms with Gasteiger partial charge in [-0.1, -0.05) is 60.7 Å². The van der Waals surface area contributed by atoms with Crippen molar-refractivity contribution in [1.82, 2.24) is 10.6 Å². The lowest BCUT2D eigenvalue weighted by Gasteiger charge is -2.09. The number of hydrogen-bond acceptors (Lipinski definition) is 3. The number of furan rings is 1. The van der Waals surface area contributed by atoms with Crippen molar-refractivity contribution < 1.29 is 14.0 Å². The predicted octanol–water partition coefficient (Wildman–Crippen LogP) is 3.77. The van der Waals surface area contributed by atoms with Crippen molar-refractivity contribution >= 4 is 24.0 Å². The van der Waals surface area contributed by atoms with E-state index >= 15 is 0 Å². The standard InChI is InChI=1S/C23H20N2O3/c26-22(14-13-18-8-3-1-4-9-18)25-21(16-19-10-5-2-6-11-19)23(27)24-17-20-12-7-15-28-20/h1-16H,17H2,(H,24,27)(H,25,26). The van der Waals surface area contributed by atoms with Gasteiger partial charge in [-0.15, -0.1) is 0 Å². The third-order valence-electron chi connectivity index (χ3n) is 3.84. The highest BCUT2D eigenvalue weighted by atomic mass is 16.3. The molecule has 0 fully saturated rings. The molecule has 0 bridgehead atoms. The first kappa shape index (κ1) is 18.9. The Labute approximate surface area is 163 Å². The first-order chi connectivity index (χ1) is 13.7. The summed E-state index contributed by atoms with van der Waals surface area (Å²) in [5.41, 5.74) is 1.85. The Balaban J connectivity index is 1.72. The van der Waals surface area contributed by atoms with Gasteiger partial charge < -0.3 is 15.1 Å². The van der Waals surface area contributed by atoms with Gasteiger partial charge >= 0.3 is 0 Å². The van der Waals surface area contributed by atoms with Gasteiger partial charge in [0.1, 0.15) is 11.5 Å². The lowest BCUT2D eigenvalue weighted by molar-refractivity contribution is -0.121. The molecule has 0 atom stereocenters. The highest BCUT2D eigenvalue weighted by Gasteiger charge is 2.12. The van der Waals surface area contributed by atoms with E-state index in [1.165, 1.54) is 6.08 Å². The molecule has 2 N–H and O–H groups in total. The normalized spacial score (nSPS) is 11.4. The second kappa shape index (κ2) is 9.73. The Morgan fingerprint density at radius 1 is 0.857 bits per heavy atom. The minimum Gasteiger partial charge on any atom is -0.467 e. The molecule has 1 heterocycles. The van der Waals surface area contributed by atoms with E-state index in [0.717, 1.165) is 11.1 Å². The summed E-state index contributed by atoms with van der Waals surface area (Å²) in [5.74, 6) is -0.163. The summed E-state index contributed by atoms with van der Waals surface area (Å²) in [4.78, 5) is 24.9. The van der Waals surface area contributed by atoms with E-state index in [-0.39, 0.29) is 18.1 Å². The maximum Gasteiger partial charge on any atom is 0.268 e. The van der Waals surface area contributed by atoms with E-state index in [4.69, 9.17) is 4.42 Å². The quantitative estimate of drug-likeness (QED) is 0.620. The molecule has 5 nitrogen and oxygen atoms in total. The van der Waals surface area contributed by atoms with E-state index in [1.807, 2.05) is 60.7 Å². The van der Waals surface area contributed by atoms with E-state index in [1.54, 1.807) is 30.5 Å². The highest BCUT2D eigenvalue weighted by molar-refractivity contribution is 6.04. The fourth-order valence-electron chi connectivity index (χ4n) is 2.46. The molecule has 0 saturated carbocycles. The van der Waals surface area contributed by atoms with Crippen LogP contribution in [-0.4, -0.2) is 11.8 Å². The number of nitrogens with one attached hydrogen (secondary N) is 2. The van der Waals surface area contributed by atoms with Crippen molar-refractivity contribution in [3.8, 4) is 0 Å².